The molecule has 0 aromatic rings. The summed E-state index contributed by atoms with van der Waals surface area (Å²) >= 11 is 0. The molecular weight excluding hydrogens is 214 g/mol. The highest BCUT2D eigenvalue weighted by atomic mass is 16.5. The molecule has 17 heavy (non-hydrogen) atoms. The van der Waals surface area contributed by atoms with Gasteiger partial charge in [-0.3, -0.25) is 4.79 Å². The lowest BCUT2D eigenvalue weighted by atomic mass is 9.99. The van der Waals surface area contributed by atoms with Crippen molar-refractivity contribution >= 4 is 5.97 Å². The van der Waals surface area contributed by atoms with E-state index in [0.717, 1.165) is 25.6 Å². The number of nitrogens with zero attached hydrogens (tertiary/aromatic N) is 1. The van der Waals surface area contributed by atoms with E-state index in [1.54, 1.807) is 0 Å². The first-order valence-corrected chi connectivity index (χ1v) is 7.01. The molecule has 0 saturated carbocycles. The van der Waals surface area contributed by atoms with Crippen molar-refractivity contribution in [3.8, 4) is 0 Å². The normalized spacial score (nSPS) is 24.2. The topological polar surface area (TPSA) is 29.5 Å². The van der Waals surface area contributed by atoms with E-state index in [2.05, 4.69) is 11.8 Å². The summed E-state index contributed by atoms with van der Waals surface area (Å²) in [5.41, 5.74) is 0. The molecule has 0 radical (unpaired) electrons. The number of carbonyl (C=O) groups is 1. The zero-order valence-electron chi connectivity index (χ0n) is 11.4. The first-order chi connectivity index (χ1) is 8.22. The van der Waals surface area contributed by atoms with Crippen molar-refractivity contribution in [1.29, 1.82) is 0 Å². The summed E-state index contributed by atoms with van der Waals surface area (Å²) in [6, 6.07) is 0. The summed E-state index contributed by atoms with van der Waals surface area (Å²) in [5.74, 6) is 0.667. The van der Waals surface area contributed by atoms with Gasteiger partial charge in [-0.1, -0.05) is 32.6 Å². The van der Waals surface area contributed by atoms with E-state index in [-0.39, 0.29) is 5.97 Å². The Kier molecular flexibility index (Phi) is 7.25. The van der Waals surface area contributed by atoms with Gasteiger partial charge in [0.15, 0.2) is 0 Å². The Bertz CT molecular complexity index is 218. The van der Waals surface area contributed by atoms with Crippen LogP contribution in [0.25, 0.3) is 0 Å². The van der Waals surface area contributed by atoms with Gasteiger partial charge in [0.05, 0.1) is 13.5 Å². The van der Waals surface area contributed by atoms with E-state index in [9.17, 15) is 4.79 Å². The average molecular weight is 241 g/mol. The molecule has 1 aliphatic heterocycles. The number of carbonyl (C=O) groups excluding carboxylic acids is 1. The van der Waals surface area contributed by atoms with Crippen LogP contribution in [0.2, 0.25) is 0 Å². The van der Waals surface area contributed by atoms with Crippen molar-refractivity contribution in [2.24, 2.45) is 5.92 Å². The monoisotopic (exact) mass is 241 g/mol. The number of methoxy groups -OCH3 is 1. The van der Waals surface area contributed by atoms with Gasteiger partial charge in [0.1, 0.15) is 0 Å². The van der Waals surface area contributed by atoms with Gasteiger partial charge in [-0.25, -0.2) is 0 Å². The van der Waals surface area contributed by atoms with Gasteiger partial charge in [-0.15, -0.1) is 0 Å². The highest BCUT2D eigenvalue weighted by Crippen LogP contribution is 2.16. The Labute approximate surface area is 106 Å². The first-order valence-electron chi connectivity index (χ1n) is 7.01. The van der Waals surface area contributed by atoms with Gasteiger partial charge >= 0.3 is 5.97 Å². The third-order valence-corrected chi connectivity index (χ3v) is 3.60. The van der Waals surface area contributed by atoms with E-state index in [0.29, 0.717) is 6.42 Å². The number of hydrogen-bond acceptors (Lipinski definition) is 3. The van der Waals surface area contributed by atoms with E-state index < -0.39 is 0 Å². The van der Waals surface area contributed by atoms with Gasteiger partial charge in [0.25, 0.3) is 0 Å². The minimum absolute atomic E-state index is 0.0882. The van der Waals surface area contributed by atoms with Crippen LogP contribution in [0.5, 0.6) is 0 Å². The molecule has 0 aromatic heterocycles. The van der Waals surface area contributed by atoms with Gasteiger partial charge in [-0.05, 0) is 25.3 Å². The SMILES string of the molecule is COC(=O)CCN1CCCCCCCC(C)C1. The second-order valence-electron chi connectivity index (χ2n) is 5.29. The summed E-state index contributed by atoms with van der Waals surface area (Å²) in [6.07, 6.45) is 8.60. The van der Waals surface area contributed by atoms with Gasteiger partial charge in [0.2, 0.25) is 0 Å². The van der Waals surface area contributed by atoms with E-state index in [4.69, 9.17) is 4.74 Å². The highest BCUT2D eigenvalue weighted by molar-refractivity contribution is 5.69. The van der Waals surface area contributed by atoms with Crippen LogP contribution in [0.4, 0.5) is 0 Å². The molecule has 3 heteroatoms. The highest BCUT2D eigenvalue weighted by Gasteiger charge is 2.13. The van der Waals surface area contributed by atoms with Crippen LogP contribution in [-0.2, 0) is 9.53 Å². The standard InChI is InChI=1S/C14H27NO2/c1-13-8-6-4-3-5-7-10-15(12-13)11-9-14(16)17-2/h13H,3-12H2,1-2H3. The van der Waals surface area contributed by atoms with Crippen LogP contribution in [-0.4, -0.2) is 37.6 Å². The Balaban J connectivity index is 2.33. The van der Waals surface area contributed by atoms with E-state index in [1.165, 1.54) is 45.6 Å². The predicted molar refractivity (Wildman–Crippen MR) is 69.9 cm³/mol. The summed E-state index contributed by atoms with van der Waals surface area (Å²) in [6.45, 7) is 5.46. The Morgan fingerprint density at radius 3 is 2.71 bits per heavy atom. The first kappa shape index (κ1) is 14.5. The summed E-state index contributed by atoms with van der Waals surface area (Å²) < 4.78 is 4.70. The van der Waals surface area contributed by atoms with Gasteiger partial charge < -0.3 is 9.64 Å². The van der Waals surface area contributed by atoms with E-state index in [1.807, 2.05) is 0 Å². The lowest BCUT2D eigenvalue weighted by molar-refractivity contribution is -0.141. The Hall–Kier alpha value is -0.570. The molecule has 3 nitrogen and oxygen atoms in total. The second-order valence-corrected chi connectivity index (χ2v) is 5.29. The van der Waals surface area contributed by atoms with Crippen molar-refractivity contribution in [3.05, 3.63) is 0 Å². The molecule has 1 fully saturated rings. The van der Waals surface area contributed by atoms with Gasteiger partial charge in [-0.2, -0.15) is 0 Å². The summed E-state index contributed by atoms with van der Waals surface area (Å²) in [4.78, 5) is 13.6. The maximum absolute atomic E-state index is 11.2. The molecule has 100 valence electrons. The molecule has 1 rings (SSSR count). The largest absolute Gasteiger partial charge is 0.469 e. The van der Waals surface area contributed by atoms with Crippen LogP contribution in [0.15, 0.2) is 0 Å². The fourth-order valence-corrected chi connectivity index (χ4v) is 2.54. The molecular formula is C14H27NO2. The zero-order chi connectivity index (χ0) is 12.5. The Morgan fingerprint density at radius 2 is 1.94 bits per heavy atom. The molecule has 0 spiro atoms. The molecule has 1 aliphatic rings. The fraction of sp³-hybridized carbons (Fsp3) is 0.929. The second kappa shape index (κ2) is 8.51. The number of esters is 1. The van der Waals surface area contributed by atoms with Crippen molar-refractivity contribution in [2.75, 3.05) is 26.7 Å². The molecule has 0 aromatic carbocycles. The molecule has 1 unspecified atom stereocenters. The van der Waals surface area contributed by atoms with Crippen molar-refractivity contribution in [2.45, 2.75) is 51.9 Å². The fourth-order valence-electron chi connectivity index (χ4n) is 2.54. The van der Waals surface area contributed by atoms with Crippen molar-refractivity contribution < 1.29 is 9.53 Å². The van der Waals surface area contributed by atoms with Crippen molar-refractivity contribution in [1.82, 2.24) is 4.90 Å². The molecule has 0 aliphatic carbocycles. The zero-order valence-corrected chi connectivity index (χ0v) is 11.4. The molecule has 0 N–H and O–H groups in total. The quantitative estimate of drug-likeness (QED) is 0.712. The molecule has 1 heterocycles. The van der Waals surface area contributed by atoms with Crippen molar-refractivity contribution in [3.63, 3.8) is 0 Å². The Morgan fingerprint density at radius 1 is 1.24 bits per heavy atom. The summed E-state index contributed by atoms with van der Waals surface area (Å²) in [7, 11) is 1.47. The van der Waals surface area contributed by atoms with Crippen LogP contribution >= 0.6 is 0 Å². The molecule has 0 amide bonds. The van der Waals surface area contributed by atoms with Crippen LogP contribution in [0, 0.1) is 5.92 Å². The summed E-state index contributed by atoms with van der Waals surface area (Å²) in [5, 5.41) is 0. The minimum atomic E-state index is -0.0882. The third-order valence-electron chi connectivity index (χ3n) is 3.60. The smallest absolute Gasteiger partial charge is 0.306 e. The van der Waals surface area contributed by atoms with Crippen LogP contribution in [0.1, 0.15) is 51.9 Å². The minimum Gasteiger partial charge on any atom is -0.469 e. The lowest BCUT2D eigenvalue weighted by Gasteiger charge is -2.26. The number of ether oxygens (including phenoxy) is 1. The average Bonchev–Trinajstić information content (AvgIpc) is 2.34. The maximum Gasteiger partial charge on any atom is 0.306 e. The van der Waals surface area contributed by atoms with Crippen LogP contribution in [0.3, 0.4) is 0 Å². The molecule has 1 atom stereocenters. The number of hydrogen-bond donors (Lipinski definition) is 0. The predicted octanol–water partition coefficient (Wildman–Crippen LogP) is 2.84. The third kappa shape index (κ3) is 6.67. The molecule has 0 bridgehead atoms. The maximum atomic E-state index is 11.2. The van der Waals surface area contributed by atoms with Gasteiger partial charge in [0, 0.05) is 13.1 Å². The van der Waals surface area contributed by atoms with E-state index >= 15 is 0 Å². The van der Waals surface area contributed by atoms with Crippen LogP contribution < -0.4 is 0 Å². The lowest BCUT2D eigenvalue weighted by Crippen LogP contribution is -2.32. The molecule has 1 saturated heterocycles. The number of rotatable bonds is 3.